The number of thiophene rings is 1. The molecule has 4 N–H and O–H groups in total. The van der Waals surface area contributed by atoms with E-state index in [1.807, 2.05) is 77.5 Å². The van der Waals surface area contributed by atoms with Gasteiger partial charge in [-0.3, -0.25) is 4.79 Å². The number of methoxy groups -OCH3 is 1. The van der Waals surface area contributed by atoms with E-state index in [2.05, 4.69) is 10.6 Å². The first kappa shape index (κ1) is 24.4. The number of aromatic nitrogens is 1. The van der Waals surface area contributed by atoms with Crippen molar-refractivity contribution < 1.29 is 14.3 Å². The van der Waals surface area contributed by atoms with Gasteiger partial charge in [0, 0.05) is 17.5 Å². The van der Waals surface area contributed by atoms with Crippen molar-refractivity contribution in [2.75, 3.05) is 12.8 Å². The fraction of sp³-hybridized carbons (Fsp3) is 0.192. The predicted octanol–water partition coefficient (Wildman–Crippen LogP) is 4.82. The van der Waals surface area contributed by atoms with Gasteiger partial charge in [0.05, 0.1) is 23.7 Å². The molecular weight excluding hydrogens is 480 g/mol. The maximum atomic E-state index is 13.4. The number of hydrogen-bond donors (Lipinski definition) is 3. The largest absolute Gasteiger partial charge is 0.453 e. The number of carbonyl (C=O) groups excluding carboxylic acids is 2. The summed E-state index contributed by atoms with van der Waals surface area (Å²) in [5.74, 6) is -0.314. The summed E-state index contributed by atoms with van der Waals surface area (Å²) < 4.78 is 4.76. The number of nitrogens with one attached hydrogen (secondary N) is 2. The van der Waals surface area contributed by atoms with E-state index in [0.717, 1.165) is 26.7 Å². The highest BCUT2D eigenvalue weighted by Crippen LogP contribution is 2.30. The van der Waals surface area contributed by atoms with Crippen LogP contribution in [0.3, 0.4) is 0 Å². The lowest BCUT2D eigenvalue weighted by Crippen LogP contribution is -2.49. The lowest BCUT2D eigenvalue weighted by molar-refractivity contribution is -0.123. The van der Waals surface area contributed by atoms with Crippen molar-refractivity contribution >= 4 is 40.4 Å². The summed E-state index contributed by atoms with van der Waals surface area (Å²) in [4.78, 5) is 31.3. The molecule has 0 saturated carbocycles. The molecule has 180 valence electrons. The normalized spacial score (nSPS) is 12.5. The lowest BCUT2D eigenvalue weighted by Gasteiger charge is -2.23. The summed E-state index contributed by atoms with van der Waals surface area (Å²) in [5, 5.41) is 10.7. The Balaban J connectivity index is 1.59. The summed E-state index contributed by atoms with van der Waals surface area (Å²) in [5.41, 5.74) is 9.22. The number of anilines is 1. The zero-order valence-electron chi connectivity index (χ0n) is 19.1. The second-order valence-electron chi connectivity index (χ2n) is 7.94. The van der Waals surface area contributed by atoms with Gasteiger partial charge in [0.15, 0.2) is 0 Å². The maximum Gasteiger partial charge on any atom is 0.407 e. The number of nitrogens with two attached hydrogens (primary N) is 1. The van der Waals surface area contributed by atoms with Crippen molar-refractivity contribution in [2.24, 2.45) is 0 Å². The number of hydrogen-bond acceptors (Lipinski definition) is 7. The Labute approximate surface area is 212 Å². The number of rotatable bonds is 9. The number of nitrogens with zero attached hydrogens (tertiary/aromatic N) is 1. The van der Waals surface area contributed by atoms with Crippen LogP contribution < -0.4 is 16.4 Å². The van der Waals surface area contributed by atoms with Gasteiger partial charge in [0.1, 0.15) is 11.0 Å². The van der Waals surface area contributed by atoms with Crippen LogP contribution in [0, 0.1) is 0 Å². The van der Waals surface area contributed by atoms with E-state index < -0.39 is 18.2 Å². The number of benzene rings is 2. The van der Waals surface area contributed by atoms with Gasteiger partial charge in [-0.05, 0) is 41.1 Å². The molecule has 0 saturated heterocycles. The van der Waals surface area contributed by atoms with Crippen LogP contribution in [-0.4, -0.2) is 30.1 Å². The highest BCUT2D eigenvalue weighted by Gasteiger charge is 2.26. The molecule has 4 aromatic rings. The van der Waals surface area contributed by atoms with Crippen molar-refractivity contribution in [3.8, 4) is 9.88 Å². The van der Waals surface area contributed by atoms with E-state index in [0.29, 0.717) is 18.5 Å². The molecule has 2 heterocycles. The van der Waals surface area contributed by atoms with Crippen molar-refractivity contribution in [3.63, 3.8) is 0 Å². The molecule has 0 spiro atoms. The summed E-state index contributed by atoms with van der Waals surface area (Å²) in [6, 6.07) is 19.9. The summed E-state index contributed by atoms with van der Waals surface area (Å²) in [6.07, 6.45) is 0.189. The SMILES string of the molecule is COC(=O)N[C@H](Cc1ccccc1)C(=O)N[C@@H](Cc1ccc(N)cc1)c1csc(-c2cccs2)n1. The molecule has 2 aromatic heterocycles. The number of ether oxygens (including phenoxy) is 1. The first-order valence-corrected chi connectivity index (χ1v) is 12.8. The number of nitrogen functional groups attached to an aromatic ring is 1. The molecule has 4 rings (SSSR count). The van der Waals surface area contributed by atoms with Gasteiger partial charge in [-0.1, -0.05) is 48.5 Å². The van der Waals surface area contributed by atoms with Crippen LogP contribution in [0.15, 0.2) is 77.5 Å². The van der Waals surface area contributed by atoms with Crippen LogP contribution in [0.5, 0.6) is 0 Å². The third-order valence-electron chi connectivity index (χ3n) is 5.42. The Hall–Kier alpha value is -3.69. The molecule has 0 unspecified atom stereocenters. The van der Waals surface area contributed by atoms with Gasteiger partial charge in [-0.15, -0.1) is 22.7 Å². The Morgan fingerprint density at radius 3 is 2.37 bits per heavy atom. The highest BCUT2D eigenvalue weighted by atomic mass is 32.1. The third kappa shape index (κ3) is 6.68. The summed E-state index contributed by atoms with van der Waals surface area (Å²) in [7, 11) is 1.28. The van der Waals surface area contributed by atoms with E-state index in [4.69, 9.17) is 15.5 Å². The van der Waals surface area contributed by atoms with E-state index in [1.54, 1.807) is 11.3 Å². The van der Waals surface area contributed by atoms with Gasteiger partial charge in [0.2, 0.25) is 5.91 Å². The quantitative estimate of drug-likeness (QED) is 0.282. The highest BCUT2D eigenvalue weighted by molar-refractivity contribution is 7.20. The molecule has 2 amide bonds. The Bertz CT molecular complexity index is 1240. The monoisotopic (exact) mass is 506 g/mol. The van der Waals surface area contributed by atoms with Crippen LogP contribution in [-0.2, 0) is 22.4 Å². The molecule has 2 aromatic carbocycles. The number of thiazole rings is 1. The van der Waals surface area contributed by atoms with Crippen molar-refractivity contribution in [1.82, 2.24) is 15.6 Å². The smallest absolute Gasteiger partial charge is 0.407 e. The van der Waals surface area contributed by atoms with Crippen molar-refractivity contribution in [1.29, 1.82) is 0 Å². The minimum atomic E-state index is -0.811. The van der Waals surface area contributed by atoms with Crippen LogP contribution in [0.2, 0.25) is 0 Å². The number of amides is 2. The number of carbonyl (C=O) groups is 2. The zero-order chi connectivity index (χ0) is 24.6. The predicted molar refractivity (Wildman–Crippen MR) is 140 cm³/mol. The summed E-state index contributed by atoms with van der Waals surface area (Å²) in [6.45, 7) is 0. The molecule has 7 nitrogen and oxygen atoms in total. The van der Waals surface area contributed by atoms with Crippen LogP contribution in [0.1, 0.15) is 22.9 Å². The molecule has 9 heteroatoms. The van der Waals surface area contributed by atoms with Gasteiger partial charge < -0.3 is 21.1 Å². The Morgan fingerprint density at radius 1 is 0.943 bits per heavy atom. The minimum absolute atomic E-state index is 0.314. The van der Waals surface area contributed by atoms with Crippen molar-refractivity contribution in [3.05, 3.63) is 94.3 Å². The van der Waals surface area contributed by atoms with Crippen LogP contribution >= 0.6 is 22.7 Å². The van der Waals surface area contributed by atoms with Crippen LogP contribution in [0.4, 0.5) is 10.5 Å². The molecule has 2 atom stereocenters. The van der Waals surface area contributed by atoms with E-state index in [9.17, 15) is 9.59 Å². The average molecular weight is 507 g/mol. The molecule has 0 aliphatic heterocycles. The fourth-order valence-electron chi connectivity index (χ4n) is 3.61. The molecule has 35 heavy (non-hydrogen) atoms. The first-order valence-electron chi connectivity index (χ1n) is 11.0. The molecule has 0 aliphatic carbocycles. The topological polar surface area (TPSA) is 106 Å². The average Bonchev–Trinajstić information content (AvgIpc) is 3.57. The van der Waals surface area contributed by atoms with E-state index in [1.165, 1.54) is 18.4 Å². The third-order valence-corrected chi connectivity index (χ3v) is 7.32. The molecule has 0 radical (unpaired) electrons. The Kier molecular flexibility index (Phi) is 8.12. The van der Waals surface area contributed by atoms with E-state index in [-0.39, 0.29) is 5.91 Å². The van der Waals surface area contributed by atoms with E-state index >= 15 is 0 Å². The lowest BCUT2D eigenvalue weighted by atomic mass is 10.0. The van der Waals surface area contributed by atoms with Gasteiger partial charge in [0.25, 0.3) is 0 Å². The Morgan fingerprint density at radius 2 is 1.69 bits per heavy atom. The molecule has 0 bridgehead atoms. The fourth-order valence-corrected chi connectivity index (χ4v) is 5.30. The summed E-state index contributed by atoms with van der Waals surface area (Å²) >= 11 is 3.16. The first-order chi connectivity index (χ1) is 17.0. The number of alkyl carbamates (subject to hydrolysis) is 1. The minimum Gasteiger partial charge on any atom is -0.453 e. The maximum absolute atomic E-state index is 13.4. The zero-order valence-corrected chi connectivity index (χ0v) is 20.8. The standard InChI is InChI=1S/C26H26N4O3S2/c1-33-26(32)30-21(15-17-6-3-2-4-7-17)24(31)28-20(14-18-9-11-19(27)12-10-18)22-16-35-25(29-22)23-8-5-13-34-23/h2-13,16,20-21H,14-15,27H2,1H3,(H,28,31)(H,30,32)/t20-,21+/m0/s1. The van der Waals surface area contributed by atoms with Crippen LogP contribution in [0.25, 0.3) is 9.88 Å². The second-order valence-corrected chi connectivity index (χ2v) is 9.75. The van der Waals surface area contributed by atoms with Gasteiger partial charge >= 0.3 is 6.09 Å². The van der Waals surface area contributed by atoms with Gasteiger partial charge in [-0.25, -0.2) is 9.78 Å². The van der Waals surface area contributed by atoms with Gasteiger partial charge in [-0.2, -0.15) is 0 Å². The molecular formula is C26H26N4O3S2. The van der Waals surface area contributed by atoms with Crippen molar-refractivity contribution in [2.45, 2.75) is 24.9 Å². The molecule has 0 fully saturated rings. The second kappa shape index (κ2) is 11.6. The molecule has 0 aliphatic rings.